The number of halogens is 1. The first kappa shape index (κ1) is 16.0. The Kier molecular flexibility index (Phi) is 5.32. The van der Waals surface area contributed by atoms with Crippen molar-refractivity contribution in [1.82, 2.24) is 15.5 Å². The molecule has 0 spiro atoms. The van der Waals surface area contributed by atoms with Gasteiger partial charge in [0, 0.05) is 11.6 Å². The predicted molar refractivity (Wildman–Crippen MR) is 91.6 cm³/mol. The molecule has 0 atom stereocenters. The van der Waals surface area contributed by atoms with Crippen LogP contribution in [0.15, 0.2) is 51.4 Å². The molecule has 0 fully saturated rings. The number of thiophene rings is 1. The van der Waals surface area contributed by atoms with Crippen LogP contribution in [-0.4, -0.2) is 21.9 Å². The molecule has 0 saturated heterocycles. The number of thioether (sulfide) groups is 1. The molecule has 2 aromatic heterocycles. The van der Waals surface area contributed by atoms with Crippen molar-refractivity contribution in [3.05, 3.63) is 52.4 Å². The van der Waals surface area contributed by atoms with Gasteiger partial charge in [0.2, 0.25) is 5.91 Å². The summed E-state index contributed by atoms with van der Waals surface area (Å²) in [5, 5.41) is 13.7. The normalized spacial score (nSPS) is 10.7. The molecule has 1 N–H and O–H groups in total. The summed E-state index contributed by atoms with van der Waals surface area (Å²) < 4.78 is 5.51. The fraction of sp³-hybridized carbons (Fsp3) is 0.133. The third-order valence-electron chi connectivity index (χ3n) is 2.90. The molecular weight excluding hydrogens is 354 g/mol. The zero-order chi connectivity index (χ0) is 16.1. The van der Waals surface area contributed by atoms with Gasteiger partial charge >= 0.3 is 0 Å². The summed E-state index contributed by atoms with van der Waals surface area (Å²) in [6.45, 7) is 0.392. The van der Waals surface area contributed by atoms with Crippen molar-refractivity contribution in [3.8, 4) is 10.8 Å². The molecule has 0 aliphatic heterocycles. The summed E-state index contributed by atoms with van der Waals surface area (Å²) in [4.78, 5) is 12.8. The molecule has 118 valence electrons. The number of nitrogens with one attached hydrogen (secondary N) is 1. The molecule has 1 aromatic carbocycles. The van der Waals surface area contributed by atoms with Crippen molar-refractivity contribution >= 4 is 40.6 Å². The highest BCUT2D eigenvalue weighted by Gasteiger charge is 2.12. The van der Waals surface area contributed by atoms with Gasteiger partial charge in [-0.05, 0) is 23.1 Å². The lowest BCUT2D eigenvalue weighted by Crippen LogP contribution is -2.24. The SMILES string of the molecule is O=C(CSc1nnc(-c2cccs2)o1)NCc1ccccc1Cl. The van der Waals surface area contributed by atoms with E-state index in [0.717, 1.165) is 10.4 Å². The summed E-state index contributed by atoms with van der Waals surface area (Å²) in [6.07, 6.45) is 0. The van der Waals surface area contributed by atoms with Gasteiger partial charge in [0.1, 0.15) is 0 Å². The molecule has 0 unspecified atom stereocenters. The number of nitrogens with zero attached hydrogens (tertiary/aromatic N) is 2. The van der Waals surface area contributed by atoms with Crippen molar-refractivity contribution in [2.24, 2.45) is 0 Å². The van der Waals surface area contributed by atoms with E-state index in [9.17, 15) is 4.79 Å². The van der Waals surface area contributed by atoms with E-state index in [4.69, 9.17) is 16.0 Å². The van der Waals surface area contributed by atoms with Crippen LogP contribution in [0.5, 0.6) is 0 Å². The molecule has 0 saturated carbocycles. The van der Waals surface area contributed by atoms with E-state index < -0.39 is 0 Å². The number of rotatable bonds is 6. The van der Waals surface area contributed by atoms with Crippen LogP contribution < -0.4 is 5.32 Å². The zero-order valence-corrected chi connectivity index (χ0v) is 14.2. The van der Waals surface area contributed by atoms with E-state index in [0.29, 0.717) is 22.7 Å². The summed E-state index contributed by atoms with van der Waals surface area (Å²) in [7, 11) is 0. The highest BCUT2D eigenvalue weighted by Crippen LogP contribution is 2.26. The smallest absolute Gasteiger partial charge is 0.277 e. The van der Waals surface area contributed by atoms with Crippen molar-refractivity contribution in [2.75, 3.05) is 5.75 Å². The number of carbonyl (C=O) groups is 1. The Balaban J connectivity index is 1.49. The Hall–Kier alpha value is -1.83. The first-order valence-corrected chi connectivity index (χ1v) is 8.97. The first-order valence-electron chi connectivity index (χ1n) is 6.72. The van der Waals surface area contributed by atoms with E-state index in [1.165, 1.54) is 23.1 Å². The third-order valence-corrected chi connectivity index (χ3v) is 4.94. The van der Waals surface area contributed by atoms with E-state index in [-0.39, 0.29) is 11.7 Å². The Morgan fingerprint density at radius 1 is 1.26 bits per heavy atom. The van der Waals surface area contributed by atoms with Crippen molar-refractivity contribution in [1.29, 1.82) is 0 Å². The van der Waals surface area contributed by atoms with Gasteiger partial charge in [-0.15, -0.1) is 21.5 Å². The van der Waals surface area contributed by atoms with Gasteiger partial charge in [-0.1, -0.05) is 47.6 Å². The molecule has 2 heterocycles. The fourth-order valence-electron chi connectivity index (χ4n) is 1.78. The van der Waals surface area contributed by atoms with Gasteiger partial charge in [0.05, 0.1) is 10.6 Å². The van der Waals surface area contributed by atoms with E-state index >= 15 is 0 Å². The van der Waals surface area contributed by atoms with E-state index in [1.54, 1.807) is 6.07 Å². The molecule has 0 aliphatic carbocycles. The summed E-state index contributed by atoms with van der Waals surface area (Å²) in [5.74, 6) is 0.557. The lowest BCUT2D eigenvalue weighted by molar-refractivity contribution is -0.118. The molecule has 5 nitrogen and oxygen atoms in total. The lowest BCUT2D eigenvalue weighted by atomic mass is 10.2. The highest BCUT2D eigenvalue weighted by atomic mass is 35.5. The summed E-state index contributed by atoms with van der Waals surface area (Å²) >= 11 is 8.77. The van der Waals surface area contributed by atoms with Crippen LogP contribution in [0.25, 0.3) is 10.8 Å². The van der Waals surface area contributed by atoms with Crippen LogP contribution in [-0.2, 0) is 11.3 Å². The number of aromatic nitrogens is 2. The largest absolute Gasteiger partial charge is 0.410 e. The topological polar surface area (TPSA) is 68.0 Å². The maximum absolute atomic E-state index is 11.9. The second-order valence-electron chi connectivity index (χ2n) is 4.51. The Morgan fingerprint density at radius 3 is 2.91 bits per heavy atom. The van der Waals surface area contributed by atoms with Gasteiger partial charge < -0.3 is 9.73 Å². The van der Waals surface area contributed by atoms with Gasteiger partial charge in [0.25, 0.3) is 11.1 Å². The van der Waals surface area contributed by atoms with Gasteiger partial charge in [0.15, 0.2) is 0 Å². The van der Waals surface area contributed by atoms with E-state index in [2.05, 4.69) is 15.5 Å². The van der Waals surface area contributed by atoms with Crippen LogP contribution in [0, 0.1) is 0 Å². The van der Waals surface area contributed by atoms with Crippen molar-refractivity contribution in [2.45, 2.75) is 11.8 Å². The molecule has 8 heteroatoms. The Labute approximate surface area is 146 Å². The van der Waals surface area contributed by atoms with Crippen molar-refractivity contribution < 1.29 is 9.21 Å². The van der Waals surface area contributed by atoms with Crippen LogP contribution in [0.3, 0.4) is 0 Å². The van der Waals surface area contributed by atoms with Crippen LogP contribution in [0.2, 0.25) is 5.02 Å². The number of carbonyl (C=O) groups excluding carboxylic acids is 1. The molecule has 0 aliphatic rings. The second-order valence-corrected chi connectivity index (χ2v) is 6.79. The molecule has 3 rings (SSSR count). The van der Waals surface area contributed by atoms with Crippen LogP contribution in [0.1, 0.15) is 5.56 Å². The highest BCUT2D eigenvalue weighted by molar-refractivity contribution is 7.99. The van der Waals surface area contributed by atoms with E-state index in [1.807, 2.05) is 35.7 Å². The Morgan fingerprint density at radius 2 is 2.13 bits per heavy atom. The molecule has 3 aromatic rings. The van der Waals surface area contributed by atoms with Crippen LogP contribution >= 0.6 is 34.7 Å². The fourth-order valence-corrected chi connectivity index (χ4v) is 3.22. The number of benzene rings is 1. The first-order chi connectivity index (χ1) is 11.2. The minimum absolute atomic E-state index is 0.120. The molecule has 1 amide bonds. The monoisotopic (exact) mass is 365 g/mol. The third kappa shape index (κ3) is 4.34. The lowest BCUT2D eigenvalue weighted by Gasteiger charge is -2.05. The minimum Gasteiger partial charge on any atom is -0.410 e. The maximum atomic E-state index is 11.9. The standard InChI is InChI=1S/C15H12ClN3O2S2/c16-11-5-2-1-4-10(11)8-17-13(20)9-23-15-19-18-14(21-15)12-6-3-7-22-12/h1-7H,8-9H2,(H,17,20). The van der Waals surface area contributed by atoms with Crippen molar-refractivity contribution in [3.63, 3.8) is 0 Å². The molecule has 0 bridgehead atoms. The number of hydrogen-bond donors (Lipinski definition) is 1. The summed E-state index contributed by atoms with van der Waals surface area (Å²) in [5.41, 5.74) is 0.880. The minimum atomic E-state index is -0.120. The second kappa shape index (κ2) is 7.63. The quantitative estimate of drug-likeness (QED) is 0.672. The predicted octanol–water partition coefficient (Wildman–Crippen LogP) is 3.86. The van der Waals surface area contributed by atoms with Gasteiger partial charge in [-0.2, -0.15) is 0 Å². The number of hydrogen-bond acceptors (Lipinski definition) is 6. The summed E-state index contributed by atoms with van der Waals surface area (Å²) in [6, 6.07) is 11.2. The maximum Gasteiger partial charge on any atom is 0.277 e. The van der Waals surface area contributed by atoms with Crippen LogP contribution in [0.4, 0.5) is 0 Å². The molecule has 23 heavy (non-hydrogen) atoms. The zero-order valence-electron chi connectivity index (χ0n) is 11.9. The molecular formula is C15H12ClN3O2S2. The number of amides is 1. The van der Waals surface area contributed by atoms with Gasteiger partial charge in [-0.25, -0.2) is 0 Å². The average Bonchev–Trinajstić information content (AvgIpc) is 3.23. The molecule has 0 radical (unpaired) electrons. The van der Waals surface area contributed by atoms with Gasteiger partial charge in [-0.3, -0.25) is 4.79 Å². The Bertz CT molecular complexity index is 790. The average molecular weight is 366 g/mol.